The Bertz CT molecular complexity index is 1250. The highest BCUT2D eigenvalue weighted by atomic mass is 16.6. The highest BCUT2D eigenvalue weighted by Gasteiger charge is 2.32. The van der Waals surface area contributed by atoms with Crippen molar-refractivity contribution < 1.29 is 19.1 Å². The zero-order valence-corrected chi connectivity index (χ0v) is 20.8. The average Bonchev–Trinajstić information content (AvgIpc) is 3.24. The molecule has 4 rings (SSSR count). The third-order valence-corrected chi connectivity index (χ3v) is 6.24. The lowest BCUT2D eigenvalue weighted by molar-refractivity contribution is -0.134. The summed E-state index contributed by atoms with van der Waals surface area (Å²) in [5, 5.41) is 0. The number of carbonyl (C=O) groups excluding carboxylic acids is 2. The standard InChI is InChI=1S/C29H32N2O4/c1-29(2,3)35-28(33)31(17-16-22-19-30-25-10-6-5-9-23(22)25)26-11-7-8-21-18-20(12-14-24(21)26)13-15-27(32)34-4/h9-10,12-15,18-19,26,30H,7-8,11,16-17H2,1-4H3/b15-13+. The number of aromatic amines is 1. The topological polar surface area (TPSA) is 71.6 Å². The van der Waals surface area contributed by atoms with Gasteiger partial charge in [-0.3, -0.25) is 0 Å². The van der Waals surface area contributed by atoms with E-state index in [1.807, 2.05) is 50.1 Å². The van der Waals surface area contributed by atoms with Gasteiger partial charge in [0.05, 0.1) is 18.8 Å². The lowest BCUT2D eigenvalue weighted by atomic mass is 9.85. The predicted molar refractivity (Wildman–Crippen MR) is 137 cm³/mol. The second kappa shape index (κ2) is 10.3. The fraction of sp³-hybridized carbons (Fsp3) is 0.379. The molecule has 0 saturated heterocycles. The molecule has 1 atom stereocenters. The van der Waals surface area contributed by atoms with E-state index in [1.165, 1.54) is 18.7 Å². The maximum atomic E-state index is 13.4. The van der Waals surface area contributed by atoms with Crippen molar-refractivity contribution in [2.24, 2.45) is 0 Å². The van der Waals surface area contributed by atoms with Crippen LogP contribution >= 0.6 is 0 Å². The third kappa shape index (κ3) is 5.86. The molecule has 2 aromatic rings. The summed E-state index contributed by atoms with van der Waals surface area (Å²) in [5.41, 5.74) is 11.9. The Morgan fingerprint density at radius 2 is 2.03 bits per heavy atom. The first-order valence-electron chi connectivity index (χ1n) is 12.0. The van der Waals surface area contributed by atoms with Gasteiger partial charge in [-0.15, -0.1) is 0 Å². The minimum atomic E-state index is -0.582. The zero-order chi connectivity index (χ0) is 25.0. The van der Waals surface area contributed by atoms with Gasteiger partial charge in [-0.1, -0.05) is 29.7 Å². The molecule has 6 nitrogen and oxygen atoms in total. The SMILES string of the molecule is COC(=O)/C=C/c1ccc2c(c1)CCCC2N(CCc1c[nH]c2c1C=C=C=C2)C(=O)OC(C)(C)C. The van der Waals surface area contributed by atoms with Crippen molar-refractivity contribution in [3.05, 3.63) is 75.4 Å². The molecule has 0 spiro atoms. The van der Waals surface area contributed by atoms with Crippen LogP contribution in [0.4, 0.5) is 4.79 Å². The van der Waals surface area contributed by atoms with Crippen LogP contribution in [0.25, 0.3) is 18.2 Å². The lowest BCUT2D eigenvalue weighted by Crippen LogP contribution is -2.41. The van der Waals surface area contributed by atoms with E-state index in [-0.39, 0.29) is 18.1 Å². The number of esters is 1. The van der Waals surface area contributed by atoms with Crippen LogP contribution in [0.3, 0.4) is 0 Å². The van der Waals surface area contributed by atoms with Gasteiger partial charge in [-0.05, 0) is 80.9 Å². The highest BCUT2D eigenvalue weighted by Crippen LogP contribution is 2.36. The van der Waals surface area contributed by atoms with Gasteiger partial charge in [0.15, 0.2) is 0 Å². The molecule has 0 bridgehead atoms. The summed E-state index contributed by atoms with van der Waals surface area (Å²) in [6.07, 6.45) is 12.2. The third-order valence-electron chi connectivity index (χ3n) is 6.24. The van der Waals surface area contributed by atoms with Crippen LogP contribution in [0.5, 0.6) is 0 Å². The van der Waals surface area contributed by atoms with E-state index >= 15 is 0 Å². The number of methoxy groups -OCH3 is 1. The Balaban J connectivity index is 1.60. The van der Waals surface area contributed by atoms with Crippen molar-refractivity contribution in [2.45, 2.75) is 58.1 Å². The molecule has 6 heteroatoms. The molecule has 0 radical (unpaired) electrons. The number of nitrogens with zero attached hydrogens (tertiary/aromatic N) is 1. The minimum absolute atomic E-state index is 0.0719. The van der Waals surface area contributed by atoms with Crippen LogP contribution < -0.4 is 0 Å². The molecule has 0 fully saturated rings. The summed E-state index contributed by atoms with van der Waals surface area (Å²) in [4.78, 5) is 30.0. The number of nitrogens with one attached hydrogen (secondary N) is 1. The molecule has 182 valence electrons. The Labute approximate surface area is 206 Å². The molecule has 1 N–H and O–H groups in total. The van der Waals surface area contributed by atoms with E-state index in [2.05, 4.69) is 28.6 Å². The van der Waals surface area contributed by atoms with Crippen molar-refractivity contribution in [3.8, 4) is 0 Å². The fourth-order valence-electron chi connectivity index (χ4n) is 4.62. The smallest absolute Gasteiger partial charge is 0.410 e. The Hall–Kier alpha value is -3.72. The number of aryl methyl sites for hydroxylation is 1. The number of hydrogen-bond acceptors (Lipinski definition) is 4. The van der Waals surface area contributed by atoms with Crippen LogP contribution in [0.1, 0.15) is 73.2 Å². The summed E-state index contributed by atoms with van der Waals surface area (Å²) in [5.74, 6) is -0.385. The molecule has 35 heavy (non-hydrogen) atoms. The van der Waals surface area contributed by atoms with E-state index in [0.717, 1.165) is 47.2 Å². The number of fused-ring (bicyclic) bond motifs is 2. The summed E-state index contributed by atoms with van der Waals surface area (Å²) >= 11 is 0. The van der Waals surface area contributed by atoms with E-state index in [0.29, 0.717) is 13.0 Å². The minimum Gasteiger partial charge on any atom is -0.466 e. The van der Waals surface area contributed by atoms with Crippen LogP contribution in [0.15, 0.2) is 41.9 Å². The first-order valence-corrected chi connectivity index (χ1v) is 12.0. The first-order chi connectivity index (χ1) is 16.7. The first kappa shape index (κ1) is 24.4. The predicted octanol–water partition coefficient (Wildman–Crippen LogP) is 5.85. The number of ether oxygens (including phenoxy) is 2. The van der Waals surface area contributed by atoms with Gasteiger partial charge in [-0.2, -0.15) is 0 Å². The normalized spacial score (nSPS) is 16.2. The van der Waals surface area contributed by atoms with Crippen molar-refractivity contribution in [3.63, 3.8) is 0 Å². The summed E-state index contributed by atoms with van der Waals surface area (Å²) in [7, 11) is 1.36. The van der Waals surface area contributed by atoms with Crippen LogP contribution in [-0.2, 0) is 27.1 Å². The summed E-state index contributed by atoms with van der Waals surface area (Å²) in [6, 6.07) is 6.08. The molecule has 0 saturated carbocycles. The molecule has 1 amide bonds. The second-order valence-corrected chi connectivity index (χ2v) is 9.87. The van der Waals surface area contributed by atoms with Crippen LogP contribution in [0.2, 0.25) is 0 Å². The van der Waals surface area contributed by atoms with Crippen LogP contribution in [-0.4, -0.2) is 41.2 Å². The quantitative estimate of drug-likeness (QED) is 0.277. The molecule has 0 aliphatic heterocycles. The number of benzene rings is 1. The molecule has 1 aromatic heterocycles. The van der Waals surface area contributed by atoms with Gasteiger partial charge in [0.1, 0.15) is 5.60 Å². The van der Waals surface area contributed by atoms with Crippen molar-refractivity contribution in [1.29, 1.82) is 0 Å². The number of aromatic nitrogens is 1. The van der Waals surface area contributed by atoms with E-state index in [1.54, 1.807) is 6.08 Å². The fourth-order valence-corrected chi connectivity index (χ4v) is 4.62. The zero-order valence-electron chi connectivity index (χ0n) is 20.8. The van der Waals surface area contributed by atoms with Gasteiger partial charge < -0.3 is 19.4 Å². The van der Waals surface area contributed by atoms with E-state index < -0.39 is 5.60 Å². The molecule has 1 unspecified atom stereocenters. The monoisotopic (exact) mass is 472 g/mol. The Morgan fingerprint density at radius 1 is 1.23 bits per heavy atom. The van der Waals surface area contributed by atoms with Gasteiger partial charge >= 0.3 is 12.1 Å². The number of carbonyl (C=O) groups is 2. The largest absolute Gasteiger partial charge is 0.466 e. The van der Waals surface area contributed by atoms with E-state index in [9.17, 15) is 9.59 Å². The van der Waals surface area contributed by atoms with Crippen LogP contribution in [0, 0.1) is 0 Å². The molecule has 1 aromatic carbocycles. The number of H-pyrrole nitrogens is 1. The van der Waals surface area contributed by atoms with Gasteiger partial charge in [0.2, 0.25) is 0 Å². The average molecular weight is 473 g/mol. The molecule has 2 aliphatic rings. The van der Waals surface area contributed by atoms with Crippen molar-refractivity contribution in [1.82, 2.24) is 9.88 Å². The van der Waals surface area contributed by atoms with Gasteiger partial charge in [0, 0.05) is 30.5 Å². The second-order valence-electron chi connectivity index (χ2n) is 9.87. The highest BCUT2D eigenvalue weighted by molar-refractivity contribution is 5.87. The van der Waals surface area contributed by atoms with Gasteiger partial charge in [-0.25, -0.2) is 9.59 Å². The number of amides is 1. The Morgan fingerprint density at radius 3 is 2.80 bits per heavy atom. The maximum absolute atomic E-state index is 13.4. The molecule has 1 heterocycles. The maximum Gasteiger partial charge on any atom is 0.410 e. The van der Waals surface area contributed by atoms with Crippen molar-refractivity contribution in [2.75, 3.05) is 13.7 Å². The van der Waals surface area contributed by atoms with E-state index in [4.69, 9.17) is 9.47 Å². The summed E-state index contributed by atoms with van der Waals surface area (Å²) in [6.45, 7) is 6.21. The summed E-state index contributed by atoms with van der Waals surface area (Å²) < 4.78 is 10.5. The molecular formula is C29H32N2O4. The molecule has 2 aliphatic carbocycles. The number of rotatable bonds is 6. The number of hydrogen-bond donors (Lipinski definition) is 1. The lowest BCUT2D eigenvalue weighted by Gasteiger charge is -2.37. The molecular weight excluding hydrogens is 440 g/mol. The van der Waals surface area contributed by atoms with Gasteiger partial charge in [0.25, 0.3) is 0 Å². The van der Waals surface area contributed by atoms with Crippen molar-refractivity contribution >= 4 is 30.3 Å². The Kier molecular flexibility index (Phi) is 7.16.